The van der Waals surface area contributed by atoms with Crippen molar-refractivity contribution in [3.8, 4) is 0 Å². The molecule has 0 fully saturated rings. The van der Waals surface area contributed by atoms with Gasteiger partial charge >= 0.3 is 0 Å². The first-order chi connectivity index (χ1) is 5.84. The highest BCUT2D eigenvalue weighted by molar-refractivity contribution is 9.10. The van der Waals surface area contributed by atoms with Gasteiger partial charge in [0.1, 0.15) is 0 Å². The highest BCUT2D eigenvalue weighted by atomic mass is 79.9. The van der Waals surface area contributed by atoms with E-state index in [1.165, 1.54) is 10.0 Å². The Morgan fingerprint density at radius 3 is 2.75 bits per heavy atom. The van der Waals surface area contributed by atoms with Gasteiger partial charge in [-0.25, -0.2) is 0 Å². The van der Waals surface area contributed by atoms with Crippen molar-refractivity contribution in [3.05, 3.63) is 34.3 Å². The predicted octanol–water partition coefficient (Wildman–Crippen LogP) is 2.78. The number of alkyl halides is 1. The van der Waals surface area contributed by atoms with E-state index in [0.29, 0.717) is 6.00 Å². The van der Waals surface area contributed by atoms with Gasteiger partial charge in [0.15, 0.2) is 0 Å². The number of nitrogens with one attached hydrogen (secondary N) is 1. The van der Waals surface area contributed by atoms with Gasteiger partial charge in [-0.05, 0) is 18.1 Å². The van der Waals surface area contributed by atoms with Gasteiger partial charge in [0, 0.05) is 11.0 Å². The normalized spacial score (nSPS) is 10.2. The highest BCUT2D eigenvalue weighted by Gasteiger charge is 1.96. The topological polar surface area (TPSA) is 12.0 Å². The van der Waals surface area contributed by atoms with Gasteiger partial charge in [-0.1, -0.05) is 34.1 Å². The van der Waals surface area contributed by atoms with Gasteiger partial charge in [-0.3, -0.25) is 0 Å². The average Bonchev–Trinajstić information content (AvgIpc) is 2.09. The van der Waals surface area contributed by atoms with E-state index in [-0.39, 0.29) is 0 Å². The summed E-state index contributed by atoms with van der Waals surface area (Å²) in [6.45, 7) is 0.923. The van der Waals surface area contributed by atoms with Crippen LogP contribution in [0, 0.1) is 0 Å². The van der Waals surface area contributed by atoms with Crippen molar-refractivity contribution < 1.29 is 0 Å². The van der Waals surface area contributed by atoms with Crippen LogP contribution in [0.4, 0.5) is 0 Å². The Morgan fingerprint density at radius 2 is 2.08 bits per heavy atom. The molecule has 0 atom stereocenters. The first-order valence-corrected chi connectivity index (χ1v) is 5.17. The number of hydrogen-bond donors (Lipinski definition) is 1. The minimum Gasteiger partial charge on any atom is -0.304 e. The number of benzene rings is 1. The monoisotopic (exact) mass is 247 g/mol. The lowest BCUT2D eigenvalue weighted by Crippen LogP contribution is -2.14. The molecule has 12 heavy (non-hydrogen) atoms. The van der Waals surface area contributed by atoms with Gasteiger partial charge in [0.25, 0.3) is 0 Å². The largest absolute Gasteiger partial charge is 0.304 e. The third-order valence-electron chi connectivity index (χ3n) is 1.62. The van der Waals surface area contributed by atoms with Crippen LogP contribution in [-0.2, 0) is 6.42 Å². The van der Waals surface area contributed by atoms with Crippen LogP contribution in [0.15, 0.2) is 28.7 Å². The summed E-state index contributed by atoms with van der Waals surface area (Å²) in [5.74, 6) is 0. The molecule has 1 nitrogen and oxygen atoms in total. The maximum atomic E-state index is 5.48. The molecule has 1 N–H and O–H groups in total. The molecule has 0 bridgehead atoms. The van der Waals surface area contributed by atoms with Gasteiger partial charge in [0.2, 0.25) is 0 Å². The molecule has 0 heterocycles. The van der Waals surface area contributed by atoms with Gasteiger partial charge in [-0.15, -0.1) is 11.6 Å². The van der Waals surface area contributed by atoms with Gasteiger partial charge < -0.3 is 5.32 Å². The first kappa shape index (κ1) is 10.0. The summed E-state index contributed by atoms with van der Waals surface area (Å²) in [5.41, 5.74) is 1.31. The predicted molar refractivity (Wildman–Crippen MR) is 56.6 cm³/mol. The lowest BCUT2D eigenvalue weighted by atomic mass is 10.1. The lowest BCUT2D eigenvalue weighted by molar-refractivity contribution is 0.769. The standard InChI is InChI=1S/C9H11BrClN/c10-9-4-2-1-3-8(9)5-6-12-7-11/h1-4,12H,5-7H2. The average molecular weight is 249 g/mol. The van der Waals surface area contributed by atoms with Crippen molar-refractivity contribution in [2.24, 2.45) is 0 Å². The Kier molecular flexibility index (Phi) is 4.66. The lowest BCUT2D eigenvalue weighted by Gasteiger charge is -2.03. The molecule has 3 heteroatoms. The zero-order valence-electron chi connectivity index (χ0n) is 6.69. The number of rotatable bonds is 4. The van der Waals surface area contributed by atoms with Crippen LogP contribution < -0.4 is 5.32 Å². The molecule has 0 spiro atoms. The molecule has 0 aliphatic heterocycles. The smallest absolute Gasteiger partial charge is 0.0713 e. The quantitative estimate of drug-likeness (QED) is 0.491. The van der Waals surface area contributed by atoms with Crippen molar-refractivity contribution in [2.45, 2.75) is 6.42 Å². The molecule has 0 amide bonds. The van der Waals surface area contributed by atoms with E-state index in [4.69, 9.17) is 11.6 Å². The Hall–Kier alpha value is -0.0500. The van der Waals surface area contributed by atoms with Crippen molar-refractivity contribution >= 4 is 27.5 Å². The van der Waals surface area contributed by atoms with Crippen LogP contribution in [-0.4, -0.2) is 12.5 Å². The van der Waals surface area contributed by atoms with Crippen LogP contribution >= 0.6 is 27.5 Å². The van der Waals surface area contributed by atoms with Crippen LogP contribution in [0.25, 0.3) is 0 Å². The van der Waals surface area contributed by atoms with E-state index in [1.54, 1.807) is 0 Å². The molecule has 66 valence electrons. The Morgan fingerprint density at radius 1 is 1.33 bits per heavy atom. The zero-order chi connectivity index (χ0) is 8.81. The van der Waals surface area contributed by atoms with Crippen molar-refractivity contribution in [3.63, 3.8) is 0 Å². The Balaban J connectivity index is 2.46. The molecule has 0 radical (unpaired) electrons. The maximum Gasteiger partial charge on any atom is 0.0713 e. The van der Waals surface area contributed by atoms with E-state index >= 15 is 0 Å². The summed E-state index contributed by atoms with van der Waals surface area (Å²) in [7, 11) is 0. The third kappa shape index (κ3) is 3.13. The number of hydrogen-bond acceptors (Lipinski definition) is 1. The summed E-state index contributed by atoms with van der Waals surface area (Å²) in [6, 6.07) is 8.74. The summed E-state index contributed by atoms with van der Waals surface area (Å²) in [4.78, 5) is 0. The molecule has 1 aromatic rings. The molecule has 0 aromatic heterocycles. The molecular weight excluding hydrogens is 237 g/mol. The number of halogens is 2. The molecule has 0 saturated heterocycles. The minimum absolute atomic E-state index is 0.518. The van der Waals surface area contributed by atoms with Crippen molar-refractivity contribution in [1.82, 2.24) is 5.32 Å². The van der Waals surface area contributed by atoms with Crippen molar-refractivity contribution in [1.29, 1.82) is 0 Å². The van der Waals surface area contributed by atoms with Crippen LogP contribution in [0.3, 0.4) is 0 Å². The molecule has 1 rings (SSSR count). The molecule has 1 aromatic carbocycles. The Labute approximate surface area is 86.2 Å². The minimum atomic E-state index is 0.518. The summed E-state index contributed by atoms with van der Waals surface area (Å²) in [5, 5.41) is 3.07. The molecule has 0 aliphatic rings. The second-order valence-electron chi connectivity index (χ2n) is 2.48. The fourth-order valence-corrected chi connectivity index (χ4v) is 1.61. The third-order valence-corrected chi connectivity index (χ3v) is 2.59. The van der Waals surface area contributed by atoms with E-state index in [1.807, 2.05) is 12.1 Å². The van der Waals surface area contributed by atoms with Gasteiger partial charge in [0.05, 0.1) is 6.00 Å². The summed E-state index contributed by atoms with van der Waals surface area (Å²) in [6.07, 6.45) is 1.01. The zero-order valence-corrected chi connectivity index (χ0v) is 9.03. The first-order valence-electron chi connectivity index (χ1n) is 3.84. The van der Waals surface area contributed by atoms with Crippen LogP contribution in [0.5, 0.6) is 0 Å². The van der Waals surface area contributed by atoms with Crippen LogP contribution in [0.1, 0.15) is 5.56 Å². The summed E-state index contributed by atoms with van der Waals surface area (Å²) >= 11 is 8.97. The van der Waals surface area contributed by atoms with E-state index < -0.39 is 0 Å². The SMILES string of the molecule is ClCNCCc1ccccc1Br. The fourth-order valence-electron chi connectivity index (χ4n) is 0.991. The van der Waals surface area contributed by atoms with E-state index in [9.17, 15) is 0 Å². The van der Waals surface area contributed by atoms with Gasteiger partial charge in [-0.2, -0.15) is 0 Å². The van der Waals surface area contributed by atoms with E-state index in [0.717, 1.165) is 13.0 Å². The molecule has 0 aliphatic carbocycles. The molecule has 0 unspecified atom stereocenters. The fraction of sp³-hybridized carbons (Fsp3) is 0.333. The van der Waals surface area contributed by atoms with E-state index in [2.05, 4.69) is 33.4 Å². The summed E-state index contributed by atoms with van der Waals surface area (Å²) < 4.78 is 1.17. The molecular formula is C9H11BrClN. The maximum absolute atomic E-state index is 5.48. The second-order valence-corrected chi connectivity index (χ2v) is 3.60. The van der Waals surface area contributed by atoms with Crippen molar-refractivity contribution in [2.75, 3.05) is 12.5 Å². The Bertz CT molecular complexity index is 240. The highest BCUT2D eigenvalue weighted by Crippen LogP contribution is 2.15. The second kappa shape index (κ2) is 5.57. The molecule has 0 saturated carbocycles. The van der Waals surface area contributed by atoms with Crippen LogP contribution in [0.2, 0.25) is 0 Å².